The molecule has 0 spiro atoms. The number of hydrogen-bond acceptors (Lipinski definition) is 4. The van der Waals surface area contributed by atoms with E-state index < -0.39 is 5.54 Å². The van der Waals surface area contributed by atoms with Gasteiger partial charge in [-0.2, -0.15) is 0 Å². The molecule has 1 aromatic rings. The minimum absolute atomic E-state index is 0.0294. The Morgan fingerprint density at radius 3 is 2.65 bits per heavy atom. The second-order valence-electron chi connectivity index (χ2n) is 6.93. The highest BCUT2D eigenvalue weighted by atomic mass is 16.2. The third kappa shape index (κ3) is 4.24. The first-order valence-electron chi connectivity index (χ1n) is 8.68. The lowest BCUT2D eigenvalue weighted by Gasteiger charge is -2.36. The van der Waals surface area contributed by atoms with Crippen LogP contribution in [0.5, 0.6) is 0 Å². The van der Waals surface area contributed by atoms with Crippen molar-refractivity contribution in [3.05, 3.63) is 29.8 Å². The average molecular weight is 316 g/mol. The van der Waals surface area contributed by atoms with Crippen molar-refractivity contribution >= 4 is 11.6 Å². The van der Waals surface area contributed by atoms with Crippen LogP contribution in [0.4, 0.5) is 5.69 Å². The zero-order valence-electron chi connectivity index (χ0n) is 14.1. The number of amides is 1. The Morgan fingerprint density at radius 2 is 2.00 bits per heavy atom. The zero-order chi connectivity index (χ0) is 16.3. The first-order valence-corrected chi connectivity index (χ1v) is 8.68. The maximum atomic E-state index is 11.7. The Labute approximate surface area is 138 Å². The molecule has 1 amide bonds. The molecule has 1 saturated carbocycles. The number of carbonyl (C=O) groups excluding carboxylic acids is 1. The van der Waals surface area contributed by atoms with Gasteiger partial charge in [-0.3, -0.25) is 9.69 Å². The number of nitrogens with zero attached hydrogens (tertiary/aromatic N) is 2. The van der Waals surface area contributed by atoms with Gasteiger partial charge in [0.15, 0.2) is 0 Å². The molecule has 1 saturated heterocycles. The number of nitrogens with one attached hydrogen (secondary N) is 1. The molecule has 2 fully saturated rings. The molecule has 126 valence electrons. The van der Waals surface area contributed by atoms with Crippen LogP contribution >= 0.6 is 0 Å². The van der Waals surface area contributed by atoms with Crippen LogP contribution in [0, 0.1) is 6.92 Å². The van der Waals surface area contributed by atoms with Crippen LogP contribution in [0.2, 0.25) is 0 Å². The summed E-state index contributed by atoms with van der Waals surface area (Å²) in [6, 6.07) is 8.72. The average Bonchev–Trinajstić information content (AvgIpc) is 3.31. The van der Waals surface area contributed by atoms with Crippen LogP contribution in [0.1, 0.15) is 24.8 Å². The summed E-state index contributed by atoms with van der Waals surface area (Å²) in [5.74, 6) is 0.0294. The lowest BCUT2D eigenvalue weighted by Crippen LogP contribution is -2.47. The van der Waals surface area contributed by atoms with Crippen molar-refractivity contribution in [2.75, 3.05) is 44.2 Å². The van der Waals surface area contributed by atoms with Gasteiger partial charge in [-0.1, -0.05) is 12.1 Å². The molecular weight excluding hydrogens is 288 g/mol. The van der Waals surface area contributed by atoms with Crippen LogP contribution < -0.4 is 16.0 Å². The van der Waals surface area contributed by atoms with Crippen molar-refractivity contribution in [3.63, 3.8) is 0 Å². The summed E-state index contributed by atoms with van der Waals surface area (Å²) in [6.45, 7) is 8.23. The molecule has 3 N–H and O–H groups in total. The van der Waals surface area contributed by atoms with Crippen LogP contribution in [0.15, 0.2) is 24.3 Å². The minimum Gasteiger partial charge on any atom is -0.369 e. The topological polar surface area (TPSA) is 61.6 Å². The number of rotatable bonds is 6. The molecule has 0 unspecified atom stereocenters. The fourth-order valence-electron chi connectivity index (χ4n) is 3.10. The van der Waals surface area contributed by atoms with Crippen molar-refractivity contribution in [2.45, 2.75) is 31.7 Å². The maximum Gasteiger partial charge on any atom is 0.240 e. The van der Waals surface area contributed by atoms with Gasteiger partial charge in [0, 0.05) is 38.4 Å². The first kappa shape index (κ1) is 16.3. The predicted octanol–water partition coefficient (Wildman–Crippen LogP) is 1.11. The molecule has 0 bridgehead atoms. The summed E-state index contributed by atoms with van der Waals surface area (Å²) < 4.78 is 0. The molecule has 2 aliphatic rings. The van der Waals surface area contributed by atoms with Gasteiger partial charge in [-0.15, -0.1) is 0 Å². The Balaban J connectivity index is 1.34. The van der Waals surface area contributed by atoms with Gasteiger partial charge in [0.25, 0.3) is 0 Å². The molecule has 0 aromatic heterocycles. The second kappa shape index (κ2) is 6.89. The third-order valence-electron chi connectivity index (χ3n) is 4.92. The summed E-state index contributed by atoms with van der Waals surface area (Å²) in [7, 11) is 0. The minimum atomic E-state index is -0.542. The van der Waals surface area contributed by atoms with E-state index in [-0.39, 0.29) is 5.91 Å². The van der Waals surface area contributed by atoms with E-state index in [9.17, 15) is 4.79 Å². The van der Waals surface area contributed by atoms with E-state index in [2.05, 4.69) is 46.3 Å². The molecule has 5 heteroatoms. The Hall–Kier alpha value is -1.59. The molecule has 1 aliphatic heterocycles. The van der Waals surface area contributed by atoms with Gasteiger partial charge in [0.2, 0.25) is 5.91 Å². The number of nitrogens with two attached hydrogens (primary N) is 1. The standard InChI is InChI=1S/C18H28N4O/c1-15-4-2-5-16(14-15)22-12-10-21(11-13-22)9-3-8-20-17(23)18(19)6-7-18/h2,4-5,14H,3,6-13,19H2,1H3,(H,20,23). The number of hydrogen-bond donors (Lipinski definition) is 2. The van der Waals surface area contributed by atoms with E-state index in [0.29, 0.717) is 0 Å². The quantitative estimate of drug-likeness (QED) is 0.772. The lowest BCUT2D eigenvalue weighted by atomic mass is 10.2. The normalized spacial score (nSPS) is 20.3. The highest BCUT2D eigenvalue weighted by Crippen LogP contribution is 2.31. The smallest absolute Gasteiger partial charge is 0.240 e. The number of benzene rings is 1. The van der Waals surface area contributed by atoms with Crippen LogP contribution in [0.25, 0.3) is 0 Å². The number of piperazine rings is 1. The monoisotopic (exact) mass is 316 g/mol. The highest BCUT2D eigenvalue weighted by molar-refractivity contribution is 5.88. The molecule has 0 radical (unpaired) electrons. The largest absolute Gasteiger partial charge is 0.369 e. The van der Waals surface area contributed by atoms with Crippen LogP contribution in [0.3, 0.4) is 0 Å². The van der Waals surface area contributed by atoms with E-state index >= 15 is 0 Å². The fourth-order valence-corrected chi connectivity index (χ4v) is 3.10. The van der Waals surface area contributed by atoms with E-state index in [0.717, 1.165) is 58.5 Å². The third-order valence-corrected chi connectivity index (χ3v) is 4.92. The van der Waals surface area contributed by atoms with Crippen molar-refractivity contribution in [2.24, 2.45) is 5.73 Å². The lowest BCUT2D eigenvalue weighted by molar-refractivity contribution is -0.123. The van der Waals surface area contributed by atoms with Crippen molar-refractivity contribution in [1.29, 1.82) is 0 Å². The van der Waals surface area contributed by atoms with Crippen molar-refractivity contribution in [3.8, 4) is 0 Å². The van der Waals surface area contributed by atoms with Crippen molar-refractivity contribution in [1.82, 2.24) is 10.2 Å². The molecule has 23 heavy (non-hydrogen) atoms. The summed E-state index contributed by atoms with van der Waals surface area (Å²) in [5.41, 5.74) is 7.97. The van der Waals surface area contributed by atoms with Crippen molar-refractivity contribution < 1.29 is 4.79 Å². The zero-order valence-corrected chi connectivity index (χ0v) is 14.1. The van der Waals surface area contributed by atoms with Crippen LogP contribution in [-0.2, 0) is 4.79 Å². The van der Waals surface area contributed by atoms with Gasteiger partial charge in [-0.25, -0.2) is 0 Å². The molecule has 1 aliphatic carbocycles. The number of aryl methyl sites for hydroxylation is 1. The SMILES string of the molecule is Cc1cccc(N2CCN(CCCNC(=O)C3(N)CC3)CC2)c1. The second-order valence-corrected chi connectivity index (χ2v) is 6.93. The molecular formula is C18H28N4O. The van der Waals surface area contributed by atoms with Gasteiger partial charge in [0.05, 0.1) is 5.54 Å². The van der Waals surface area contributed by atoms with Gasteiger partial charge >= 0.3 is 0 Å². The number of carbonyl (C=O) groups is 1. The predicted molar refractivity (Wildman–Crippen MR) is 93.6 cm³/mol. The van der Waals surface area contributed by atoms with Gasteiger partial charge < -0.3 is 16.0 Å². The van der Waals surface area contributed by atoms with Gasteiger partial charge in [0.1, 0.15) is 0 Å². The van der Waals surface area contributed by atoms with E-state index in [1.165, 1.54) is 11.3 Å². The Bertz CT molecular complexity index is 548. The van der Waals surface area contributed by atoms with E-state index in [4.69, 9.17) is 5.73 Å². The Kier molecular flexibility index (Phi) is 4.87. The Morgan fingerprint density at radius 1 is 1.26 bits per heavy atom. The molecule has 3 rings (SSSR count). The molecule has 0 atom stereocenters. The maximum absolute atomic E-state index is 11.7. The van der Waals surface area contributed by atoms with E-state index in [1.807, 2.05) is 0 Å². The summed E-state index contributed by atoms with van der Waals surface area (Å²) in [5, 5.41) is 2.96. The molecule has 1 aromatic carbocycles. The summed E-state index contributed by atoms with van der Waals surface area (Å²) in [4.78, 5) is 16.7. The highest BCUT2D eigenvalue weighted by Gasteiger charge is 2.45. The van der Waals surface area contributed by atoms with Crippen LogP contribution in [-0.4, -0.2) is 55.6 Å². The summed E-state index contributed by atoms with van der Waals surface area (Å²) >= 11 is 0. The molecule has 5 nitrogen and oxygen atoms in total. The molecule has 1 heterocycles. The van der Waals surface area contributed by atoms with E-state index in [1.54, 1.807) is 0 Å². The first-order chi connectivity index (χ1) is 11.1. The number of anilines is 1. The van der Waals surface area contributed by atoms with Gasteiger partial charge in [-0.05, 0) is 50.4 Å². The summed E-state index contributed by atoms with van der Waals surface area (Å²) in [6.07, 6.45) is 2.66. The fraction of sp³-hybridized carbons (Fsp3) is 0.611.